The maximum Gasteiger partial charge on any atom is 0.304 e. The number of hydrogen-bond donors (Lipinski definition) is 2. The fourth-order valence-corrected chi connectivity index (χ4v) is 2.21. The van der Waals surface area contributed by atoms with E-state index in [-0.39, 0.29) is 18.2 Å². The van der Waals surface area contributed by atoms with Gasteiger partial charge in [0.25, 0.3) is 0 Å². The molecule has 2 aromatic rings. The summed E-state index contributed by atoms with van der Waals surface area (Å²) in [6.45, 7) is 0. The van der Waals surface area contributed by atoms with E-state index in [1.807, 2.05) is 12.1 Å². The lowest BCUT2D eigenvalue weighted by Gasteiger charge is -2.13. The smallest absolute Gasteiger partial charge is 0.304 e. The van der Waals surface area contributed by atoms with E-state index in [1.165, 1.54) is 6.07 Å². The summed E-state index contributed by atoms with van der Waals surface area (Å²) in [5.41, 5.74) is 1.52. The predicted octanol–water partition coefficient (Wildman–Crippen LogP) is 3.34. The molecular weight excluding hydrogens is 245 g/mol. The summed E-state index contributed by atoms with van der Waals surface area (Å²) in [6.07, 6.45) is 2.96. The number of nitrogens with one attached hydrogen (secondary N) is 1. The van der Waals surface area contributed by atoms with Crippen molar-refractivity contribution >= 4 is 5.97 Å². The molecule has 0 amide bonds. The van der Waals surface area contributed by atoms with Gasteiger partial charge in [0.2, 0.25) is 0 Å². The average Bonchev–Trinajstić information content (AvgIpc) is 2.89. The largest absolute Gasteiger partial charge is 0.481 e. The molecule has 0 aliphatic rings. The lowest BCUT2D eigenvalue weighted by molar-refractivity contribution is -0.137. The van der Waals surface area contributed by atoms with Gasteiger partial charge in [0.1, 0.15) is 5.82 Å². The maximum atomic E-state index is 13.5. The van der Waals surface area contributed by atoms with E-state index in [1.54, 1.807) is 24.4 Å². The lowest BCUT2D eigenvalue weighted by Crippen LogP contribution is -2.08. The molecule has 0 aliphatic heterocycles. The number of carboxylic acid groups (broad SMARTS) is 1. The van der Waals surface area contributed by atoms with Crippen molar-refractivity contribution in [3.8, 4) is 0 Å². The van der Waals surface area contributed by atoms with Crippen LogP contribution < -0.4 is 0 Å². The zero-order valence-electron chi connectivity index (χ0n) is 10.5. The molecule has 0 bridgehead atoms. The first-order chi connectivity index (χ1) is 9.16. The summed E-state index contributed by atoms with van der Waals surface area (Å²) in [6, 6.07) is 10.3. The van der Waals surface area contributed by atoms with Crippen LogP contribution in [0.2, 0.25) is 0 Å². The lowest BCUT2D eigenvalue weighted by atomic mass is 9.93. The fraction of sp³-hybridized carbons (Fsp3) is 0.267. The summed E-state index contributed by atoms with van der Waals surface area (Å²) in [5, 5.41) is 8.95. The van der Waals surface area contributed by atoms with Crippen LogP contribution >= 0.6 is 0 Å². The third-order valence-electron chi connectivity index (χ3n) is 3.20. The highest BCUT2D eigenvalue weighted by Crippen LogP contribution is 2.24. The van der Waals surface area contributed by atoms with Crippen molar-refractivity contribution in [1.82, 2.24) is 4.98 Å². The molecule has 1 atom stereocenters. The van der Waals surface area contributed by atoms with Crippen LogP contribution in [0.1, 0.15) is 30.0 Å². The topological polar surface area (TPSA) is 53.1 Å². The second-order valence-corrected chi connectivity index (χ2v) is 4.55. The van der Waals surface area contributed by atoms with Gasteiger partial charge in [-0.25, -0.2) is 4.39 Å². The molecule has 0 saturated carbocycles. The quantitative estimate of drug-likeness (QED) is 0.837. The normalized spacial score (nSPS) is 12.3. The Morgan fingerprint density at radius 3 is 2.68 bits per heavy atom. The van der Waals surface area contributed by atoms with Gasteiger partial charge in [-0.1, -0.05) is 18.2 Å². The van der Waals surface area contributed by atoms with Crippen LogP contribution in [0.5, 0.6) is 0 Å². The molecule has 2 N–H and O–H groups in total. The molecule has 0 spiro atoms. The number of hydrogen-bond acceptors (Lipinski definition) is 1. The molecule has 0 radical (unpaired) electrons. The highest BCUT2D eigenvalue weighted by molar-refractivity contribution is 5.67. The van der Waals surface area contributed by atoms with Crippen LogP contribution in [0.4, 0.5) is 4.39 Å². The molecule has 0 aliphatic carbocycles. The molecule has 0 saturated heterocycles. The van der Waals surface area contributed by atoms with Crippen LogP contribution in [0.3, 0.4) is 0 Å². The van der Waals surface area contributed by atoms with E-state index in [9.17, 15) is 9.18 Å². The summed E-state index contributed by atoms with van der Waals surface area (Å²) >= 11 is 0. The number of aromatic nitrogens is 1. The zero-order valence-corrected chi connectivity index (χ0v) is 10.5. The zero-order chi connectivity index (χ0) is 13.7. The molecule has 0 fully saturated rings. The first-order valence-electron chi connectivity index (χ1n) is 6.25. The Morgan fingerprint density at radius 2 is 2.05 bits per heavy atom. The monoisotopic (exact) mass is 261 g/mol. The minimum absolute atomic E-state index is 0.0506. The van der Waals surface area contributed by atoms with Crippen molar-refractivity contribution in [2.45, 2.75) is 25.2 Å². The molecule has 2 rings (SSSR count). The van der Waals surface area contributed by atoms with Crippen molar-refractivity contribution in [2.75, 3.05) is 0 Å². The third kappa shape index (κ3) is 3.68. The van der Waals surface area contributed by atoms with Crippen LogP contribution in [-0.2, 0) is 11.2 Å². The SMILES string of the molecule is O=C(O)CC(CCc1ccccc1F)c1ccc[nH]1. The minimum Gasteiger partial charge on any atom is -0.481 e. The predicted molar refractivity (Wildman–Crippen MR) is 70.5 cm³/mol. The Morgan fingerprint density at radius 1 is 1.26 bits per heavy atom. The van der Waals surface area contributed by atoms with Gasteiger partial charge in [-0.15, -0.1) is 0 Å². The number of carbonyl (C=O) groups is 1. The minimum atomic E-state index is -0.840. The molecule has 1 aromatic carbocycles. The number of aromatic amines is 1. The highest BCUT2D eigenvalue weighted by atomic mass is 19.1. The van der Waals surface area contributed by atoms with Crippen molar-refractivity contribution in [3.05, 3.63) is 59.7 Å². The van der Waals surface area contributed by atoms with Crippen LogP contribution in [-0.4, -0.2) is 16.1 Å². The maximum absolute atomic E-state index is 13.5. The van der Waals surface area contributed by atoms with Gasteiger partial charge >= 0.3 is 5.97 Å². The Labute approximate surface area is 111 Å². The number of aliphatic carboxylic acids is 1. The van der Waals surface area contributed by atoms with Gasteiger partial charge in [0.15, 0.2) is 0 Å². The van der Waals surface area contributed by atoms with Crippen molar-refractivity contribution in [3.63, 3.8) is 0 Å². The summed E-state index contributed by atoms with van der Waals surface area (Å²) in [7, 11) is 0. The average molecular weight is 261 g/mol. The van der Waals surface area contributed by atoms with E-state index >= 15 is 0 Å². The fourth-order valence-electron chi connectivity index (χ4n) is 2.21. The standard InChI is InChI=1S/C15H16FNO2/c16-13-5-2-1-4-11(13)7-8-12(10-15(18)19)14-6-3-9-17-14/h1-6,9,12,17H,7-8,10H2,(H,18,19). The number of benzene rings is 1. The number of aryl methyl sites for hydroxylation is 1. The van der Waals surface area contributed by atoms with Gasteiger partial charge in [0.05, 0.1) is 6.42 Å². The Bertz CT molecular complexity index is 537. The number of halogens is 1. The van der Waals surface area contributed by atoms with E-state index in [2.05, 4.69) is 4.98 Å². The van der Waals surface area contributed by atoms with Crippen molar-refractivity contribution in [2.24, 2.45) is 0 Å². The summed E-state index contributed by atoms with van der Waals surface area (Å²) < 4.78 is 13.5. The van der Waals surface area contributed by atoms with Gasteiger partial charge < -0.3 is 10.1 Å². The second-order valence-electron chi connectivity index (χ2n) is 4.55. The van der Waals surface area contributed by atoms with Crippen LogP contribution in [0.25, 0.3) is 0 Å². The van der Waals surface area contributed by atoms with E-state index < -0.39 is 5.97 Å². The third-order valence-corrected chi connectivity index (χ3v) is 3.20. The van der Waals surface area contributed by atoms with Crippen LogP contribution in [0.15, 0.2) is 42.6 Å². The molecule has 1 heterocycles. The van der Waals surface area contributed by atoms with Gasteiger partial charge in [-0.05, 0) is 36.6 Å². The molecule has 1 unspecified atom stereocenters. The Balaban J connectivity index is 2.05. The van der Waals surface area contributed by atoms with Gasteiger partial charge in [0, 0.05) is 17.8 Å². The number of carboxylic acids is 1. The Hall–Kier alpha value is -2.10. The number of H-pyrrole nitrogens is 1. The van der Waals surface area contributed by atoms with Crippen molar-refractivity contribution in [1.29, 1.82) is 0 Å². The first-order valence-corrected chi connectivity index (χ1v) is 6.25. The molecule has 4 heteroatoms. The Kier molecular flexibility index (Phi) is 4.34. The highest BCUT2D eigenvalue weighted by Gasteiger charge is 2.17. The van der Waals surface area contributed by atoms with Crippen molar-refractivity contribution < 1.29 is 14.3 Å². The molecule has 3 nitrogen and oxygen atoms in total. The molecule has 1 aromatic heterocycles. The first kappa shape index (κ1) is 13.3. The van der Waals surface area contributed by atoms with Crippen LogP contribution in [0, 0.1) is 5.82 Å². The summed E-state index contributed by atoms with van der Waals surface area (Å²) in [5.74, 6) is -1.19. The summed E-state index contributed by atoms with van der Waals surface area (Å²) in [4.78, 5) is 13.9. The molecular formula is C15H16FNO2. The number of rotatable bonds is 6. The van der Waals surface area contributed by atoms with E-state index in [0.29, 0.717) is 18.4 Å². The van der Waals surface area contributed by atoms with Gasteiger partial charge in [-0.3, -0.25) is 4.79 Å². The second kappa shape index (κ2) is 6.18. The molecule has 19 heavy (non-hydrogen) atoms. The van der Waals surface area contributed by atoms with Gasteiger partial charge in [-0.2, -0.15) is 0 Å². The van der Waals surface area contributed by atoms with E-state index in [4.69, 9.17) is 5.11 Å². The van der Waals surface area contributed by atoms with E-state index in [0.717, 1.165) is 5.69 Å². The molecule has 100 valence electrons.